The first kappa shape index (κ1) is 39.3. The molecule has 0 atom stereocenters. The smallest absolute Gasteiger partial charge is 0.331 e. The van der Waals surface area contributed by atoms with Crippen LogP contribution in [-0.4, -0.2) is 40.6 Å². The summed E-state index contributed by atoms with van der Waals surface area (Å²) >= 11 is 24.6. The molecule has 0 unspecified atom stereocenters. The number of rotatable bonds is 8. The molecule has 0 saturated heterocycles. The van der Waals surface area contributed by atoms with Crippen LogP contribution in [0.1, 0.15) is 107 Å². The van der Waals surface area contributed by atoms with E-state index in [9.17, 15) is 19.5 Å². The standard InChI is InChI=1S/C20H27Cl2NO3.C18H21Cl2NO2/c1-4-14-6-8-20(9-7-14,19(25)26-5-2)23-18(24)12-16-13(3)10-15(21)11-17(16)22;1-3-11-4-6-18(7-5-11)16(22)15(17(23)21-18)14-10(2)8-12(19)9-13(14)20/h10-11,14H,4-9,12H2,1-3H3,(H,23,24);8-9,11,22H,3-7H2,1-2H3,(H,21,23). The maximum absolute atomic E-state index is 12.7. The summed E-state index contributed by atoms with van der Waals surface area (Å²) in [4.78, 5) is 37.9. The number of carbonyl (C=O) groups is 3. The average Bonchev–Trinajstić information content (AvgIpc) is 3.27. The summed E-state index contributed by atoms with van der Waals surface area (Å²) in [5.41, 5.74) is 1.73. The fourth-order valence-corrected chi connectivity index (χ4v) is 8.88. The first-order valence-electron chi connectivity index (χ1n) is 17.3. The van der Waals surface area contributed by atoms with Crippen LogP contribution in [-0.2, 0) is 25.5 Å². The van der Waals surface area contributed by atoms with Gasteiger partial charge < -0.3 is 20.5 Å². The number of aliphatic hydroxyl groups excluding tert-OH is 1. The van der Waals surface area contributed by atoms with E-state index < -0.39 is 11.1 Å². The first-order valence-corrected chi connectivity index (χ1v) is 18.8. The van der Waals surface area contributed by atoms with Crippen molar-refractivity contribution >= 4 is 69.8 Å². The Bertz CT molecular complexity index is 1540. The molecule has 2 aliphatic carbocycles. The molecule has 7 nitrogen and oxygen atoms in total. The Morgan fingerprint density at radius 1 is 0.857 bits per heavy atom. The molecule has 3 N–H and O–H groups in total. The van der Waals surface area contributed by atoms with Crippen molar-refractivity contribution in [2.75, 3.05) is 6.61 Å². The van der Waals surface area contributed by atoms with Gasteiger partial charge in [-0.1, -0.05) is 73.1 Å². The topological polar surface area (TPSA) is 105 Å². The predicted octanol–water partition coefficient (Wildman–Crippen LogP) is 9.90. The van der Waals surface area contributed by atoms with Gasteiger partial charge in [-0.05, 0) is 125 Å². The van der Waals surface area contributed by atoms with Crippen molar-refractivity contribution in [1.29, 1.82) is 0 Å². The fourth-order valence-electron chi connectivity index (χ4n) is 7.53. The van der Waals surface area contributed by atoms with E-state index in [0.29, 0.717) is 62.5 Å². The molecule has 5 rings (SSSR count). The van der Waals surface area contributed by atoms with Crippen LogP contribution in [0.15, 0.2) is 30.0 Å². The molecular weight excluding hydrogens is 706 g/mol. The fraction of sp³-hybridized carbons (Fsp3) is 0.553. The summed E-state index contributed by atoms with van der Waals surface area (Å²) in [5, 5.41) is 18.8. The largest absolute Gasteiger partial charge is 0.509 e. The minimum atomic E-state index is -0.925. The zero-order valence-electron chi connectivity index (χ0n) is 29.0. The van der Waals surface area contributed by atoms with Gasteiger partial charge >= 0.3 is 5.97 Å². The molecule has 0 bridgehead atoms. The Kier molecular flexibility index (Phi) is 13.4. The van der Waals surface area contributed by atoms with Crippen LogP contribution in [0.4, 0.5) is 0 Å². The van der Waals surface area contributed by atoms with E-state index in [0.717, 1.165) is 68.1 Å². The number of amides is 2. The lowest BCUT2D eigenvalue weighted by atomic mass is 9.75. The quantitative estimate of drug-likeness (QED) is 0.233. The highest BCUT2D eigenvalue weighted by atomic mass is 35.5. The Balaban J connectivity index is 0.000000222. The molecule has 0 radical (unpaired) electrons. The number of hydrogen-bond acceptors (Lipinski definition) is 5. The lowest BCUT2D eigenvalue weighted by Gasteiger charge is -2.38. The highest BCUT2D eigenvalue weighted by Gasteiger charge is 2.48. The van der Waals surface area contributed by atoms with E-state index in [-0.39, 0.29) is 30.0 Å². The number of aryl methyl sites for hydroxylation is 2. The molecule has 1 spiro atoms. The van der Waals surface area contributed by atoms with Crippen LogP contribution in [0.3, 0.4) is 0 Å². The summed E-state index contributed by atoms with van der Waals surface area (Å²) in [7, 11) is 0. The maximum atomic E-state index is 12.7. The number of aliphatic hydroxyl groups is 1. The van der Waals surface area contributed by atoms with Crippen molar-refractivity contribution in [2.24, 2.45) is 11.8 Å². The Hall–Kier alpha value is -2.45. The van der Waals surface area contributed by atoms with Crippen LogP contribution in [0, 0.1) is 25.7 Å². The molecule has 3 aliphatic rings. The number of nitrogens with one attached hydrogen (secondary N) is 2. The third kappa shape index (κ3) is 8.90. The number of carbonyl (C=O) groups excluding carboxylic acids is 3. The molecule has 49 heavy (non-hydrogen) atoms. The molecule has 1 aliphatic heterocycles. The number of esters is 1. The molecule has 268 valence electrons. The highest BCUT2D eigenvalue weighted by Crippen LogP contribution is 2.45. The molecule has 2 aromatic rings. The monoisotopic (exact) mass is 752 g/mol. The summed E-state index contributed by atoms with van der Waals surface area (Å²) in [6.07, 6.45) is 8.98. The van der Waals surface area contributed by atoms with E-state index >= 15 is 0 Å². The van der Waals surface area contributed by atoms with Gasteiger partial charge in [0.05, 0.1) is 29.2 Å². The molecule has 11 heteroatoms. The van der Waals surface area contributed by atoms with E-state index in [1.807, 2.05) is 13.8 Å². The van der Waals surface area contributed by atoms with E-state index in [2.05, 4.69) is 24.5 Å². The first-order chi connectivity index (χ1) is 23.2. The third-order valence-corrected chi connectivity index (χ3v) is 11.7. The lowest BCUT2D eigenvalue weighted by Crippen LogP contribution is -2.57. The number of hydrogen-bond donors (Lipinski definition) is 3. The van der Waals surface area contributed by atoms with E-state index in [1.165, 1.54) is 0 Å². The Morgan fingerprint density at radius 2 is 1.39 bits per heavy atom. The van der Waals surface area contributed by atoms with Crippen LogP contribution in [0.5, 0.6) is 0 Å². The summed E-state index contributed by atoms with van der Waals surface area (Å²) in [6.45, 7) is 10.1. The highest BCUT2D eigenvalue weighted by molar-refractivity contribution is 6.38. The third-order valence-electron chi connectivity index (χ3n) is 10.6. The van der Waals surface area contributed by atoms with Crippen molar-refractivity contribution in [2.45, 2.75) is 116 Å². The van der Waals surface area contributed by atoms with Gasteiger partial charge in [-0.25, -0.2) is 4.79 Å². The van der Waals surface area contributed by atoms with E-state index in [4.69, 9.17) is 51.1 Å². The second-order valence-electron chi connectivity index (χ2n) is 13.8. The Morgan fingerprint density at radius 3 is 1.90 bits per heavy atom. The van der Waals surface area contributed by atoms with Crippen molar-refractivity contribution in [3.8, 4) is 0 Å². The van der Waals surface area contributed by atoms with Crippen molar-refractivity contribution in [1.82, 2.24) is 10.6 Å². The van der Waals surface area contributed by atoms with Crippen LogP contribution in [0.2, 0.25) is 20.1 Å². The van der Waals surface area contributed by atoms with Crippen molar-refractivity contribution in [3.63, 3.8) is 0 Å². The normalized spacial score (nSPS) is 25.0. The molecule has 1 heterocycles. The number of halogens is 4. The van der Waals surface area contributed by atoms with E-state index in [1.54, 1.807) is 31.2 Å². The molecule has 0 aromatic heterocycles. The van der Waals surface area contributed by atoms with Gasteiger partial charge in [-0.3, -0.25) is 9.59 Å². The maximum Gasteiger partial charge on any atom is 0.331 e. The molecule has 2 amide bonds. The van der Waals surface area contributed by atoms with Crippen LogP contribution < -0.4 is 10.6 Å². The molecular formula is C38H48Cl4N2O5. The minimum absolute atomic E-state index is 0.111. The minimum Gasteiger partial charge on any atom is -0.509 e. The molecule has 2 saturated carbocycles. The predicted molar refractivity (Wildman–Crippen MR) is 199 cm³/mol. The van der Waals surface area contributed by atoms with Gasteiger partial charge in [0.25, 0.3) is 5.91 Å². The second-order valence-corrected chi connectivity index (χ2v) is 15.4. The van der Waals surface area contributed by atoms with Crippen molar-refractivity contribution in [3.05, 3.63) is 72.4 Å². The van der Waals surface area contributed by atoms with Crippen molar-refractivity contribution < 1.29 is 24.2 Å². The summed E-state index contributed by atoms with van der Waals surface area (Å²) in [5.74, 6) is 0.619. The Labute approximate surface area is 310 Å². The van der Waals surface area contributed by atoms with Crippen LogP contribution in [0.25, 0.3) is 5.57 Å². The van der Waals surface area contributed by atoms with Gasteiger partial charge in [-0.2, -0.15) is 0 Å². The SMILES string of the molecule is CCC1CCC2(CC1)NC(=O)C(c1c(C)cc(Cl)cc1Cl)=C2O.CCOC(=O)C1(NC(=O)Cc2c(C)cc(Cl)cc2Cl)CCC(CC)CC1. The lowest BCUT2D eigenvalue weighted by molar-refractivity contribution is -0.155. The zero-order chi connectivity index (χ0) is 36.1. The van der Waals surface area contributed by atoms with Gasteiger partial charge in [0, 0.05) is 20.6 Å². The molecule has 2 aromatic carbocycles. The van der Waals surface area contributed by atoms with Crippen LogP contribution >= 0.6 is 46.4 Å². The number of ether oxygens (including phenoxy) is 1. The number of benzene rings is 2. The zero-order valence-corrected chi connectivity index (χ0v) is 32.1. The van der Waals surface area contributed by atoms with Gasteiger partial charge in [-0.15, -0.1) is 0 Å². The second kappa shape index (κ2) is 16.7. The van der Waals surface area contributed by atoms with Gasteiger partial charge in [0.1, 0.15) is 11.3 Å². The average molecular weight is 755 g/mol. The molecule has 2 fully saturated rings. The summed E-state index contributed by atoms with van der Waals surface area (Å²) < 4.78 is 5.27. The summed E-state index contributed by atoms with van der Waals surface area (Å²) in [6, 6.07) is 6.78. The van der Waals surface area contributed by atoms with Gasteiger partial charge in [0.2, 0.25) is 5.91 Å². The van der Waals surface area contributed by atoms with Gasteiger partial charge in [0.15, 0.2) is 0 Å².